The molecule has 22 nitrogen and oxygen atoms in total. The number of methoxy groups -OCH3 is 1. The predicted octanol–water partition coefficient (Wildman–Crippen LogP) is 12.2. The molecule has 2 heterocycles. The average Bonchev–Trinajstić information content (AvgIpc) is 2.73. The lowest BCUT2D eigenvalue weighted by molar-refractivity contribution is -0.121. The van der Waals surface area contributed by atoms with Crippen LogP contribution in [0.15, 0.2) is 122 Å². The van der Waals surface area contributed by atoms with Gasteiger partial charge in [-0.1, -0.05) is 125 Å². The molecule has 0 spiro atoms. The first-order chi connectivity index (χ1) is 40.8. The van der Waals surface area contributed by atoms with Gasteiger partial charge in [0.1, 0.15) is 27.0 Å². The molecule has 6 aromatic rings. The molecule has 85 heavy (non-hydrogen) atoms. The maximum Gasteiger partial charge on any atom is 0.338 e. The third kappa shape index (κ3) is 17.2. The van der Waals surface area contributed by atoms with E-state index in [0.717, 1.165) is 31.4 Å². The van der Waals surface area contributed by atoms with Gasteiger partial charge < -0.3 is 34.5 Å². The summed E-state index contributed by atoms with van der Waals surface area (Å²) in [4.78, 5) is 60.3. The van der Waals surface area contributed by atoms with E-state index < -0.39 is 54.6 Å². The number of nitrogens with one attached hydrogen (secondary N) is 3. The molecule has 1 atom stereocenters. The Morgan fingerprint density at radius 2 is 1.47 bits per heavy atom. The zero-order chi connectivity index (χ0) is 61.3. The van der Waals surface area contributed by atoms with Crippen molar-refractivity contribution in [2.75, 3.05) is 60.3 Å². The molecule has 0 bridgehead atoms. The highest BCUT2D eigenvalue weighted by Crippen LogP contribution is 2.40. The van der Waals surface area contributed by atoms with Gasteiger partial charge in [-0.2, -0.15) is 5.10 Å². The minimum atomic E-state index is -4.54. The molecule has 0 aliphatic carbocycles. The van der Waals surface area contributed by atoms with Crippen LogP contribution >= 0.6 is 23.2 Å². The van der Waals surface area contributed by atoms with Gasteiger partial charge in [0.05, 0.1) is 82.9 Å². The van der Waals surface area contributed by atoms with Crippen LogP contribution in [0, 0.1) is 6.92 Å². The van der Waals surface area contributed by atoms with Crippen molar-refractivity contribution >= 4 is 113 Å². The number of aliphatic imine (C=N–C) groups is 1. The van der Waals surface area contributed by atoms with Gasteiger partial charge in [-0.15, -0.1) is 10.2 Å². The number of sulfonamides is 2. The number of aryl methyl sites for hydroxylation is 1. The van der Waals surface area contributed by atoms with E-state index in [4.69, 9.17) is 47.3 Å². The van der Waals surface area contributed by atoms with Crippen molar-refractivity contribution in [3.05, 3.63) is 124 Å². The number of rotatable bonds is 30. The zero-order valence-corrected chi connectivity index (χ0v) is 50.7. The molecule has 452 valence electrons. The van der Waals surface area contributed by atoms with Gasteiger partial charge in [0.15, 0.2) is 0 Å². The Morgan fingerprint density at radius 3 is 2.13 bits per heavy atom. The number of unbranched alkanes of at least 4 members (excludes halogenated alkanes) is 9. The first-order valence-corrected chi connectivity index (χ1v) is 31.4. The lowest BCUT2D eigenvalue weighted by Gasteiger charge is -2.30. The molecule has 2 amide bonds. The monoisotopic (exact) mass is 1240 g/mol. The number of hydrogen-bond acceptors (Lipinski definition) is 17. The van der Waals surface area contributed by atoms with Crippen LogP contribution in [0.1, 0.15) is 111 Å². The number of primary sulfonamides is 1. The topological polar surface area (TPSA) is 294 Å². The zero-order valence-electron chi connectivity index (χ0n) is 47.6. The summed E-state index contributed by atoms with van der Waals surface area (Å²) in [6, 6.07) is 21.5. The van der Waals surface area contributed by atoms with Gasteiger partial charge in [-0.3, -0.25) is 24.1 Å². The number of nitrogens with two attached hydrogens (primary N) is 1. The number of halogens is 2. The van der Waals surface area contributed by atoms with Crippen molar-refractivity contribution in [2.24, 2.45) is 20.4 Å². The maximum absolute atomic E-state index is 14.5. The largest absolute Gasteiger partial charge is 0.495 e. The number of Topliss-reactive ketones (excluding diaryl/α,β-unsaturated/α-hetero) is 1. The van der Waals surface area contributed by atoms with Gasteiger partial charge in [0.2, 0.25) is 33.6 Å². The summed E-state index contributed by atoms with van der Waals surface area (Å²) in [7, 11) is -7.48. The van der Waals surface area contributed by atoms with Gasteiger partial charge in [0, 0.05) is 25.1 Å². The highest BCUT2D eigenvalue weighted by atomic mass is 35.5. The Balaban J connectivity index is 1.13. The maximum atomic E-state index is 14.5. The lowest BCUT2D eigenvalue weighted by atomic mass is 10.0. The smallest absolute Gasteiger partial charge is 0.338 e. The predicted molar refractivity (Wildman–Crippen MR) is 328 cm³/mol. The van der Waals surface area contributed by atoms with Crippen LogP contribution in [0.2, 0.25) is 10.0 Å². The standard InChI is InChI=1S/C59H68Cl2N10O12S2/c1-6-8-9-10-11-12-13-14-15-19-28-82-59(75)40-22-25-50(80-5)45(32-40)66-58(74)56(54(73)39-20-17-16-18-21-39)83-55-38(3)31-42(33-46(55)65-53(72)7-2)67-68-57-47(63-4)37-64-71(57)49-35-44(61)51(36-43(49)60)85(78,79)69-41-23-24-48(52(34-41)84(62,76)77)70-26-29-81-30-27-70/h16-18,20-25,31-37,56,69H,4,6-15,19,26-30H2,1-3,5H3,(H,65,72)(H,66,74)(H2,62,76,77). The molecule has 0 radical (unpaired) electrons. The van der Waals surface area contributed by atoms with Crippen LogP contribution in [0.4, 0.5) is 39.9 Å². The second-order valence-corrected chi connectivity index (χ2v) is 23.8. The molecular weight excluding hydrogens is 1180 g/mol. The number of aromatic nitrogens is 2. The highest BCUT2D eigenvalue weighted by molar-refractivity contribution is 7.93. The number of nitrogens with zero attached hydrogens (tertiary/aromatic N) is 6. The number of ether oxygens (including phenoxy) is 4. The number of ketones is 1. The summed E-state index contributed by atoms with van der Waals surface area (Å²) in [6.45, 7) is 10.7. The summed E-state index contributed by atoms with van der Waals surface area (Å²) in [5.74, 6) is -2.70. The third-order valence-corrected chi connectivity index (χ3v) is 16.7. The van der Waals surface area contributed by atoms with E-state index in [1.165, 1.54) is 117 Å². The van der Waals surface area contributed by atoms with Crippen molar-refractivity contribution in [1.29, 1.82) is 0 Å². The Morgan fingerprint density at radius 1 is 0.776 bits per heavy atom. The molecule has 1 aliphatic rings. The molecule has 1 saturated heterocycles. The number of morpholine rings is 1. The third-order valence-electron chi connectivity index (χ3n) is 13.6. The molecule has 5 aromatic carbocycles. The number of hydrogen-bond donors (Lipinski definition) is 4. The Bertz CT molecular complexity index is 3660. The van der Waals surface area contributed by atoms with Crippen LogP contribution in [0.25, 0.3) is 5.69 Å². The van der Waals surface area contributed by atoms with Gasteiger partial charge in [-0.25, -0.2) is 31.5 Å². The van der Waals surface area contributed by atoms with Crippen molar-refractivity contribution < 1.29 is 55.0 Å². The van der Waals surface area contributed by atoms with Gasteiger partial charge in [-0.05, 0) is 86.3 Å². The number of carbonyl (C=O) groups excluding carboxylic acids is 4. The number of carbonyl (C=O) groups is 4. The van der Waals surface area contributed by atoms with E-state index in [9.17, 15) is 36.0 Å². The Labute approximate surface area is 504 Å². The van der Waals surface area contributed by atoms with E-state index in [0.29, 0.717) is 32.7 Å². The minimum absolute atomic E-state index is 0.00826. The van der Waals surface area contributed by atoms with Crippen LogP contribution < -0.4 is 34.9 Å². The summed E-state index contributed by atoms with van der Waals surface area (Å²) in [5, 5.41) is 23.7. The Hall–Kier alpha value is -7.74. The van der Waals surface area contributed by atoms with E-state index >= 15 is 0 Å². The SMILES string of the molecule is C=Nc1cnn(-c2cc(Cl)c(S(=O)(=O)Nc3ccc(N4CCOCC4)c(S(N)(=O)=O)c3)cc2Cl)c1N=Nc1cc(C)c(OC(C(=O)Nc2cc(C(=O)OCCCCCCCCCCCC)ccc2OC)C(=O)c2ccccc2)c(NC(=O)CC)c1. The number of azo groups is 1. The average molecular weight is 1240 g/mol. The summed E-state index contributed by atoms with van der Waals surface area (Å²) >= 11 is 13.4. The summed E-state index contributed by atoms with van der Waals surface area (Å²) in [5.41, 5.74) is 1.04. The number of anilines is 4. The van der Waals surface area contributed by atoms with Crippen LogP contribution in [0.3, 0.4) is 0 Å². The second-order valence-electron chi connectivity index (χ2n) is 19.8. The second kappa shape index (κ2) is 30.4. The number of amides is 2. The lowest BCUT2D eigenvalue weighted by Crippen LogP contribution is -2.40. The molecular formula is C59H68Cl2N10O12S2. The fraction of sp³-hybridized carbons (Fsp3) is 0.356. The molecule has 1 unspecified atom stereocenters. The summed E-state index contributed by atoms with van der Waals surface area (Å²) in [6.07, 6.45) is 10.7. The summed E-state index contributed by atoms with van der Waals surface area (Å²) < 4.78 is 79.6. The first kappa shape index (κ1) is 64.8. The molecule has 0 saturated carbocycles. The molecule has 5 N–H and O–H groups in total. The number of esters is 1. The van der Waals surface area contributed by atoms with Gasteiger partial charge >= 0.3 is 5.97 Å². The molecule has 1 aromatic heterocycles. The quantitative estimate of drug-likeness (QED) is 0.00814. The van der Waals surface area contributed by atoms with Crippen molar-refractivity contribution in [3.63, 3.8) is 0 Å². The van der Waals surface area contributed by atoms with Crippen LogP contribution in [-0.2, 0) is 39.1 Å². The number of benzene rings is 5. The first-order valence-electron chi connectivity index (χ1n) is 27.6. The van der Waals surface area contributed by atoms with E-state index in [1.807, 2.05) is 0 Å². The van der Waals surface area contributed by atoms with Crippen LogP contribution in [0.5, 0.6) is 11.5 Å². The van der Waals surface area contributed by atoms with Crippen molar-refractivity contribution in [1.82, 2.24) is 9.78 Å². The molecule has 1 fully saturated rings. The van der Waals surface area contributed by atoms with Crippen molar-refractivity contribution in [2.45, 2.75) is 107 Å². The molecule has 1 aliphatic heterocycles. The molecule has 7 rings (SSSR count). The molecule has 26 heteroatoms. The van der Waals surface area contributed by atoms with E-state index in [1.54, 1.807) is 36.9 Å². The van der Waals surface area contributed by atoms with Crippen LogP contribution in [-0.4, -0.2) is 103 Å². The minimum Gasteiger partial charge on any atom is -0.495 e. The normalized spacial score (nSPS) is 13.0. The van der Waals surface area contributed by atoms with E-state index in [2.05, 4.69) is 49.3 Å². The fourth-order valence-corrected chi connectivity index (χ4v) is 11.8. The fourth-order valence-electron chi connectivity index (χ4n) is 9.15. The highest BCUT2D eigenvalue weighted by Gasteiger charge is 2.33. The Kier molecular flexibility index (Phi) is 23.2. The van der Waals surface area contributed by atoms with Gasteiger partial charge in [0.25, 0.3) is 15.9 Å². The van der Waals surface area contributed by atoms with E-state index in [-0.39, 0.29) is 102 Å². The van der Waals surface area contributed by atoms with Crippen molar-refractivity contribution in [3.8, 4) is 17.2 Å².